The van der Waals surface area contributed by atoms with Crippen molar-refractivity contribution in [2.75, 3.05) is 5.32 Å². The normalized spacial score (nSPS) is 11.3. The lowest BCUT2D eigenvalue weighted by Crippen LogP contribution is -2.13. The van der Waals surface area contributed by atoms with Crippen LogP contribution in [0.3, 0.4) is 0 Å². The highest BCUT2D eigenvalue weighted by atomic mass is 79.9. The molecule has 0 saturated carbocycles. The summed E-state index contributed by atoms with van der Waals surface area (Å²) < 4.78 is 51.3. The number of rotatable bonds is 2. The SMILES string of the molecule is O=C(Nc1ccc(Br)cc1F)c1ccc(C(F)(F)F)cc1. The highest BCUT2D eigenvalue weighted by Crippen LogP contribution is 2.29. The molecular formula is C14H8BrF4NO. The van der Waals surface area contributed by atoms with E-state index in [9.17, 15) is 22.4 Å². The molecule has 0 radical (unpaired) electrons. The largest absolute Gasteiger partial charge is 0.416 e. The van der Waals surface area contributed by atoms with Gasteiger partial charge in [0.05, 0.1) is 11.3 Å². The molecule has 0 heterocycles. The van der Waals surface area contributed by atoms with Crippen LogP contribution in [-0.4, -0.2) is 5.91 Å². The minimum Gasteiger partial charge on any atom is -0.319 e. The fraction of sp³-hybridized carbons (Fsp3) is 0.0714. The summed E-state index contributed by atoms with van der Waals surface area (Å²) in [4.78, 5) is 11.8. The average Bonchev–Trinajstić information content (AvgIpc) is 2.41. The van der Waals surface area contributed by atoms with Gasteiger partial charge in [0.15, 0.2) is 0 Å². The van der Waals surface area contributed by atoms with E-state index in [0.717, 1.165) is 24.3 Å². The monoisotopic (exact) mass is 361 g/mol. The summed E-state index contributed by atoms with van der Waals surface area (Å²) in [5.74, 6) is -1.34. The van der Waals surface area contributed by atoms with E-state index in [1.807, 2.05) is 0 Å². The first kappa shape index (κ1) is 15.5. The van der Waals surface area contributed by atoms with Gasteiger partial charge >= 0.3 is 6.18 Å². The Hall–Kier alpha value is -1.89. The van der Waals surface area contributed by atoms with Gasteiger partial charge in [0.25, 0.3) is 5.91 Å². The van der Waals surface area contributed by atoms with Gasteiger partial charge in [0, 0.05) is 10.0 Å². The van der Waals surface area contributed by atoms with E-state index in [1.54, 1.807) is 0 Å². The first-order valence-electron chi connectivity index (χ1n) is 5.71. The highest BCUT2D eigenvalue weighted by Gasteiger charge is 2.30. The molecule has 0 saturated heterocycles. The third-order valence-electron chi connectivity index (χ3n) is 2.65. The van der Waals surface area contributed by atoms with Crippen molar-refractivity contribution in [3.8, 4) is 0 Å². The Morgan fingerprint density at radius 1 is 1.05 bits per heavy atom. The number of hydrogen-bond acceptors (Lipinski definition) is 1. The van der Waals surface area contributed by atoms with E-state index in [-0.39, 0.29) is 11.3 Å². The van der Waals surface area contributed by atoms with Crippen molar-refractivity contribution in [3.05, 3.63) is 63.9 Å². The molecule has 2 aromatic rings. The summed E-state index contributed by atoms with van der Waals surface area (Å²) in [6, 6.07) is 7.72. The molecule has 0 aliphatic rings. The molecule has 7 heteroatoms. The lowest BCUT2D eigenvalue weighted by atomic mass is 10.1. The van der Waals surface area contributed by atoms with Gasteiger partial charge in [0.1, 0.15) is 5.82 Å². The molecule has 2 rings (SSSR count). The Kier molecular flexibility index (Phi) is 4.32. The summed E-state index contributed by atoms with van der Waals surface area (Å²) in [5.41, 5.74) is -0.901. The molecule has 0 aromatic heterocycles. The van der Waals surface area contributed by atoms with Crippen molar-refractivity contribution in [1.29, 1.82) is 0 Å². The third kappa shape index (κ3) is 3.81. The molecule has 21 heavy (non-hydrogen) atoms. The fourth-order valence-electron chi connectivity index (χ4n) is 1.60. The summed E-state index contributed by atoms with van der Waals surface area (Å²) in [5, 5.41) is 2.30. The van der Waals surface area contributed by atoms with E-state index in [4.69, 9.17) is 0 Å². The van der Waals surface area contributed by atoms with Gasteiger partial charge in [-0.2, -0.15) is 13.2 Å². The predicted octanol–water partition coefficient (Wildman–Crippen LogP) is 4.86. The number of nitrogens with one attached hydrogen (secondary N) is 1. The Balaban J connectivity index is 2.17. The van der Waals surface area contributed by atoms with Crippen molar-refractivity contribution >= 4 is 27.5 Å². The van der Waals surface area contributed by atoms with Crippen LogP contribution in [0.4, 0.5) is 23.2 Å². The Morgan fingerprint density at radius 3 is 2.19 bits per heavy atom. The number of benzene rings is 2. The lowest BCUT2D eigenvalue weighted by molar-refractivity contribution is -0.137. The van der Waals surface area contributed by atoms with Crippen LogP contribution in [0.2, 0.25) is 0 Å². The molecule has 0 atom stereocenters. The van der Waals surface area contributed by atoms with E-state index in [1.165, 1.54) is 18.2 Å². The molecule has 0 fully saturated rings. The number of anilines is 1. The first-order chi connectivity index (χ1) is 9.77. The Labute approximate surface area is 125 Å². The van der Waals surface area contributed by atoms with Gasteiger partial charge in [-0.05, 0) is 42.5 Å². The first-order valence-corrected chi connectivity index (χ1v) is 6.50. The number of carbonyl (C=O) groups is 1. The van der Waals surface area contributed by atoms with Gasteiger partial charge in [0.2, 0.25) is 0 Å². The standard InChI is InChI=1S/C14H8BrF4NO/c15-10-5-6-12(11(16)7-10)20-13(21)8-1-3-9(4-2-8)14(17,18)19/h1-7H,(H,20,21). The van der Waals surface area contributed by atoms with Crippen LogP contribution in [0, 0.1) is 5.82 Å². The van der Waals surface area contributed by atoms with Crippen LogP contribution in [-0.2, 0) is 6.18 Å². The summed E-state index contributed by atoms with van der Waals surface area (Å²) in [6.07, 6.45) is -4.47. The molecule has 0 unspecified atom stereocenters. The van der Waals surface area contributed by atoms with Gasteiger partial charge in [-0.3, -0.25) is 4.79 Å². The van der Waals surface area contributed by atoms with Crippen molar-refractivity contribution in [2.24, 2.45) is 0 Å². The van der Waals surface area contributed by atoms with Crippen LogP contribution in [0.15, 0.2) is 46.9 Å². The minimum absolute atomic E-state index is 0.00492. The van der Waals surface area contributed by atoms with Crippen LogP contribution in [0.1, 0.15) is 15.9 Å². The van der Waals surface area contributed by atoms with E-state index >= 15 is 0 Å². The van der Waals surface area contributed by atoms with Crippen LogP contribution < -0.4 is 5.32 Å². The second kappa shape index (κ2) is 5.85. The summed E-state index contributed by atoms with van der Waals surface area (Å²) >= 11 is 3.07. The van der Waals surface area contributed by atoms with Crippen molar-refractivity contribution in [3.63, 3.8) is 0 Å². The number of alkyl halides is 3. The number of hydrogen-bond donors (Lipinski definition) is 1. The van der Waals surface area contributed by atoms with Crippen molar-refractivity contribution < 1.29 is 22.4 Å². The molecule has 0 spiro atoms. The fourth-order valence-corrected chi connectivity index (χ4v) is 1.93. The lowest BCUT2D eigenvalue weighted by Gasteiger charge is -2.09. The van der Waals surface area contributed by atoms with Crippen molar-refractivity contribution in [2.45, 2.75) is 6.18 Å². The minimum atomic E-state index is -4.47. The van der Waals surface area contributed by atoms with Gasteiger partial charge < -0.3 is 5.32 Å². The van der Waals surface area contributed by atoms with Crippen LogP contribution in [0.25, 0.3) is 0 Å². The molecule has 1 amide bonds. The molecule has 2 nitrogen and oxygen atoms in total. The molecule has 2 aromatic carbocycles. The molecule has 1 N–H and O–H groups in total. The topological polar surface area (TPSA) is 29.1 Å². The molecule has 0 aliphatic heterocycles. The van der Waals surface area contributed by atoms with Crippen LogP contribution >= 0.6 is 15.9 Å². The number of carbonyl (C=O) groups excluding carboxylic acids is 1. The maximum Gasteiger partial charge on any atom is 0.416 e. The molecule has 110 valence electrons. The maximum absolute atomic E-state index is 13.6. The maximum atomic E-state index is 13.6. The van der Waals surface area contributed by atoms with E-state index in [0.29, 0.717) is 4.47 Å². The predicted molar refractivity (Wildman–Crippen MR) is 73.5 cm³/mol. The third-order valence-corrected chi connectivity index (χ3v) is 3.15. The Morgan fingerprint density at radius 2 is 1.67 bits per heavy atom. The highest BCUT2D eigenvalue weighted by molar-refractivity contribution is 9.10. The molecular weight excluding hydrogens is 354 g/mol. The van der Waals surface area contributed by atoms with E-state index in [2.05, 4.69) is 21.2 Å². The smallest absolute Gasteiger partial charge is 0.319 e. The Bertz CT molecular complexity index is 668. The molecule has 0 aliphatic carbocycles. The quantitative estimate of drug-likeness (QED) is 0.760. The zero-order chi connectivity index (χ0) is 15.6. The number of amides is 1. The molecule has 0 bridgehead atoms. The van der Waals surface area contributed by atoms with Gasteiger partial charge in [-0.1, -0.05) is 15.9 Å². The second-order valence-electron chi connectivity index (χ2n) is 4.15. The van der Waals surface area contributed by atoms with Gasteiger partial charge in [-0.25, -0.2) is 4.39 Å². The zero-order valence-electron chi connectivity index (χ0n) is 10.3. The summed E-state index contributed by atoms with van der Waals surface area (Å²) in [7, 11) is 0. The number of halogens is 5. The average molecular weight is 362 g/mol. The van der Waals surface area contributed by atoms with Gasteiger partial charge in [-0.15, -0.1) is 0 Å². The second-order valence-corrected chi connectivity index (χ2v) is 5.07. The van der Waals surface area contributed by atoms with Crippen LogP contribution in [0.5, 0.6) is 0 Å². The van der Waals surface area contributed by atoms with Crippen molar-refractivity contribution in [1.82, 2.24) is 0 Å². The zero-order valence-corrected chi connectivity index (χ0v) is 11.9. The van der Waals surface area contributed by atoms with E-state index < -0.39 is 23.5 Å². The summed E-state index contributed by atoms with van der Waals surface area (Å²) in [6.45, 7) is 0.